The molecule has 0 radical (unpaired) electrons. The van der Waals surface area contributed by atoms with Crippen LogP contribution in [0.4, 0.5) is 0 Å². The fourth-order valence-electron chi connectivity index (χ4n) is 6.34. The van der Waals surface area contributed by atoms with Gasteiger partial charge in [0.1, 0.15) is 0 Å². The van der Waals surface area contributed by atoms with Crippen LogP contribution in [0.5, 0.6) is 23.0 Å². The van der Waals surface area contributed by atoms with Crippen LogP contribution in [-0.4, -0.2) is 4.57 Å². The van der Waals surface area contributed by atoms with Gasteiger partial charge in [0.25, 0.3) is 0 Å². The van der Waals surface area contributed by atoms with Gasteiger partial charge in [0.15, 0.2) is 23.0 Å². The molecule has 192 valence electrons. The highest BCUT2D eigenvalue weighted by atomic mass is 16.6. The van der Waals surface area contributed by atoms with Crippen LogP contribution < -0.4 is 9.47 Å². The van der Waals surface area contributed by atoms with Crippen LogP contribution in [0.15, 0.2) is 140 Å². The zero-order valence-electron chi connectivity index (χ0n) is 22.0. The molecule has 0 atom stereocenters. The Labute approximate surface area is 236 Å². The summed E-state index contributed by atoms with van der Waals surface area (Å²) in [6.45, 7) is 0. The average Bonchev–Trinajstić information content (AvgIpc) is 3.36. The zero-order chi connectivity index (χ0) is 26.9. The maximum atomic E-state index is 6.21. The molecule has 1 aromatic heterocycles. The van der Waals surface area contributed by atoms with Crippen molar-refractivity contribution in [3.05, 3.63) is 140 Å². The molecule has 7 aromatic carbocycles. The molecule has 41 heavy (non-hydrogen) atoms. The summed E-state index contributed by atoms with van der Waals surface area (Å²) in [5.41, 5.74) is 5.78. The van der Waals surface area contributed by atoms with Crippen molar-refractivity contribution in [1.82, 2.24) is 4.57 Å². The Morgan fingerprint density at radius 1 is 0.366 bits per heavy atom. The lowest BCUT2D eigenvalue weighted by Crippen LogP contribution is -1.98. The summed E-state index contributed by atoms with van der Waals surface area (Å²) in [7, 11) is 0. The Morgan fingerprint density at radius 2 is 0.951 bits per heavy atom. The normalized spacial score (nSPS) is 12.3. The molecule has 0 saturated carbocycles. The minimum Gasteiger partial charge on any atom is -0.450 e. The molecule has 0 spiro atoms. The molecule has 1 aliphatic rings. The Kier molecular flexibility index (Phi) is 4.61. The lowest BCUT2D eigenvalue weighted by atomic mass is 10.00. The number of hydrogen-bond donors (Lipinski definition) is 0. The van der Waals surface area contributed by atoms with Gasteiger partial charge >= 0.3 is 0 Å². The molecule has 3 heteroatoms. The number of benzene rings is 7. The van der Waals surface area contributed by atoms with Gasteiger partial charge in [-0.15, -0.1) is 0 Å². The lowest BCUT2D eigenvalue weighted by Gasteiger charge is -2.21. The third-order valence-electron chi connectivity index (χ3n) is 8.23. The Bertz CT molecular complexity index is 2330. The van der Waals surface area contributed by atoms with E-state index in [1.165, 1.54) is 49.0 Å². The molecule has 0 fully saturated rings. The van der Waals surface area contributed by atoms with Gasteiger partial charge in [0, 0.05) is 16.2 Å². The molecule has 1 aliphatic heterocycles. The summed E-state index contributed by atoms with van der Waals surface area (Å²) < 4.78 is 14.7. The Balaban J connectivity index is 1.26. The Morgan fingerprint density at radius 3 is 1.80 bits per heavy atom. The molecule has 0 aliphatic carbocycles. The van der Waals surface area contributed by atoms with E-state index in [1.54, 1.807) is 0 Å². The zero-order valence-corrected chi connectivity index (χ0v) is 22.0. The first kappa shape index (κ1) is 22.3. The maximum Gasteiger partial charge on any atom is 0.170 e. The van der Waals surface area contributed by atoms with E-state index in [0.29, 0.717) is 0 Å². The van der Waals surface area contributed by atoms with Gasteiger partial charge in [0.2, 0.25) is 0 Å². The third kappa shape index (κ3) is 3.33. The fourth-order valence-corrected chi connectivity index (χ4v) is 6.34. The highest BCUT2D eigenvalue weighted by Crippen LogP contribution is 2.47. The summed E-state index contributed by atoms with van der Waals surface area (Å²) in [5.74, 6) is 2.93. The number of ether oxygens (including phenoxy) is 2. The molecular formula is C38H23NO2. The van der Waals surface area contributed by atoms with Gasteiger partial charge in [0.05, 0.1) is 16.7 Å². The van der Waals surface area contributed by atoms with Crippen LogP contribution in [0.3, 0.4) is 0 Å². The largest absolute Gasteiger partial charge is 0.450 e. The number of nitrogens with zero attached hydrogens (tertiary/aromatic N) is 1. The molecule has 0 N–H and O–H groups in total. The van der Waals surface area contributed by atoms with Crippen molar-refractivity contribution in [2.45, 2.75) is 0 Å². The maximum absolute atomic E-state index is 6.21. The van der Waals surface area contributed by atoms with E-state index in [1.807, 2.05) is 30.3 Å². The quantitative estimate of drug-likeness (QED) is 0.210. The SMILES string of the molecule is c1ccc2c(c1)Oc1ccc(-c3ccc4c(c3)c3ccccc3n4-c3cc4ccccc4c4ccccc34)cc1O2. The van der Waals surface area contributed by atoms with Gasteiger partial charge in [-0.25, -0.2) is 0 Å². The minimum atomic E-state index is 0.728. The van der Waals surface area contributed by atoms with E-state index < -0.39 is 0 Å². The molecule has 0 unspecified atom stereocenters. The van der Waals surface area contributed by atoms with Gasteiger partial charge in [-0.1, -0.05) is 91.0 Å². The topological polar surface area (TPSA) is 23.4 Å². The van der Waals surface area contributed by atoms with Gasteiger partial charge in [-0.3, -0.25) is 0 Å². The second-order valence-electron chi connectivity index (χ2n) is 10.6. The van der Waals surface area contributed by atoms with Crippen LogP contribution in [0.25, 0.3) is 60.2 Å². The van der Waals surface area contributed by atoms with Gasteiger partial charge < -0.3 is 14.0 Å². The van der Waals surface area contributed by atoms with Crippen molar-refractivity contribution in [2.75, 3.05) is 0 Å². The highest BCUT2D eigenvalue weighted by molar-refractivity contribution is 6.15. The van der Waals surface area contributed by atoms with Crippen molar-refractivity contribution in [1.29, 1.82) is 0 Å². The fraction of sp³-hybridized carbons (Fsp3) is 0. The smallest absolute Gasteiger partial charge is 0.170 e. The molecule has 0 bridgehead atoms. The van der Waals surface area contributed by atoms with E-state index in [-0.39, 0.29) is 0 Å². The van der Waals surface area contributed by atoms with Crippen molar-refractivity contribution < 1.29 is 9.47 Å². The van der Waals surface area contributed by atoms with Crippen molar-refractivity contribution in [2.24, 2.45) is 0 Å². The first-order valence-electron chi connectivity index (χ1n) is 13.9. The summed E-state index contributed by atoms with van der Waals surface area (Å²) in [5, 5.41) is 7.47. The number of fused-ring (bicyclic) bond motifs is 8. The first-order valence-corrected chi connectivity index (χ1v) is 13.9. The second-order valence-corrected chi connectivity index (χ2v) is 10.6. The van der Waals surface area contributed by atoms with Crippen molar-refractivity contribution in [3.63, 3.8) is 0 Å². The molecule has 2 heterocycles. The van der Waals surface area contributed by atoms with Gasteiger partial charge in [-0.2, -0.15) is 0 Å². The predicted molar refractivity (Wildman–Crippen MR) is 168 cm³/mol. The summed E-state index contributed by atoms with van der Waals surface area (Å²) in [6.07, 6.45) is 0. The monoisotopic (exact) mass is 525 g/mol. The van der Waals surface area contributed by atoms with Crippen LogP contribution in [-0.2, 0) is 0 Å². The third-order valence-corrected chi connectivity index (χ3v) is 8.23. The van der Waals surface area contributed by atoms with Crippen LogP contribution in [0, 0.1) is 0 Å². The standard InChI is InChI=1S/C38H23NO2/c1-2-10-27-26(9-1)22-34(29-12-4-3-11-28(27)29)39-32-14-6-5-13-30(32)31-21-24(17-19-33(31)39)25-18-20-37-38(23-25)41-36-16-8-7-15-35(36)40-37/h1-23H. The highest BCUT2D eigenvalue weighted by Gasteiger charge is 2.20. The molecule has 3 nitrogen and oxygen atoms in total. The van der Waals surface area contributed by atoms with Crippen LogP contribution >= 0.6 is 0 Å². The number of rotatable bonds is 2. The number of hydrogen-bond acceptors (Lipinski definition) is 2. The van der Waals surface area contributed by atoms with E-state index in [4.69, 9.17) is 9.47 Å². The van der Waals surface area contributed by atoms with Crippen molar-refractivity contribution in [3.8, 4) is 39.8 Å². The molecule has 0 amide bonds. The van der Waals surface area contributed by atoms with E-state index in [9.17, 15) is 0 Å². The lowest BCUT2D eigenvalue weighted by molar-refractivity contribution is 0.360. The molecule has 9 rings (SSSR count). The van der Waals surface area contributed by atoms with E-state index in [0.717, 1.165) is 34.1 Å². The predicted octanol–water partition coefficient (Wildman–Crippen LogP) is 10.7. The second kappa shape index (κ2) is 8.48. The van der Waals surface area contributed by atoms with E-state index in [2.05, 4.69) is 114 Å². The van der Waals surface area contributed by atoms with Crippen LogP contribution in [0.2, 0.25) is 0 Å². The minimum absolute atomic E-state index is 0.728. The van der Waals surface area contributed by atoms with Crippen molar-refractivity contribution >= 4 is 43.4 Å². The van der Waals surface area contributed by atoms with Crippen LogP contribution in [0.1, 0.15) is 0 Å². The summed E-state index contributed by atoms with van der Waals surface area (Å²) in [6, 6.07) is 49.1. The summed E-state index contributed by atoms with van der Waals surface area (Å²) >= 11 is 0. The number of para-hydroxylation sites is 3. The Hall–Kier alpha value is -5.54. The van der Waals surface area contributed by atoms with Gasteiger partial charge in [-0.05, 0) is 75.8 Å². The molecular weight excluding hydrogens is 502 g/mol. The number of aromatic nitrogens is 1. The summed E-state index contributed by atoms with van der Waals surface area (Å²) in [4.78, 5) is 0. The molecule has 8 aromatic rings. The first-order chi connectivity index (χ1) is 20.3. The molecule has 0 saturated heterocycles. The average molecular weight is 526 g/mol. The van der Waals surface area contributed by atoms with E-state index >= 15 is 0 Å².